The van der Waals surface area contributed by atoms with Crippen LogP contribution < -0.4 is 38.6 Å². The Hall–Kier alpha value is -9.25. The standard InChI is InChI=1S/C25H27ClN5O7P.C24H25ClN5O6P.C18H21BrN5O6P/c1-16-6-7-18(11-21(16)35-2)20(32)13-38-39(34,37-12-17-4-3-5-19(26)10-17)15-36-9-8-31-14-28-22-23(31)29-25(27)30-24(22)33;1-16-5-7-18(8-6-16)20(31)13-36-37(33,35-12-17-3-2-4-19(25)11-17)15-34-10-9-30-14-27-21-22(30)28-24(26)29-23(21)32;1-12(25)8-29-31(27,30-9-13-3-2-4-14(19)7-13)11-28-6-5-24-10-21-15-16(24)22-18(20)23-17(15)26/h3-7,10-11,14H,8-9,12-13,15H2,1-2H3,(H3,27,29,30,33);2-8,11,14H,9-10,12-13,15H2,1H3,(H3,26,28,29,32);2-4,7,10H,5-6,8-9,11H2,1H3,(H3,20,22,23,26). The van der Waals surface area contributed by atoms with Crippen molar-refractivity contribution in [1.29, 1.82) is 0 Å². The van der Waals surface area contributed by atoms with Crippen LogP contribution in [0.2, 0.25) is 10.0 Å². The molecule has 0 radical (unpaired) electrons. The molecule has 11 rings (SSSR count). The lowest BCUT2D eigenvalue weighted by Gasteiger charge is -2.19. The second kappa shape index (κ2) is 38.5. The number of aromatic nitrogens is 12. The van der Waals surface area contributed by atoms with Crippen molar-refractivity contribution in [2.45, 2.75) is 60.2 Å². The highest BCUT2D eigenvalue weighted by Gasteiger charge is 2.30. The molecule has 0 aliphatic carbocycles. The largest absolute Gasteiger partial charge is 0.496 e. The lowest BCUT2D eigenvalue weighted by atomic mass is 10.1. The predicted octanol–water partition coefficient (Wildman–Crippen LogP) is 10.4. The predicted molar refractivity (Wildman–Crippen MR) is 400 cm³/mol. The first-order valence-corrected chi connectivity index (χ1v) is 38.9. The Morgan fingerprint density at radius 2 is 0.869 bits per heavy atom. The highest BCUT2D eigenvalue weighted by Crippen LogP contribution is 2.51. The Morgan fingerprint density at radius 3 is 1.25 bits per heavy atom. The molecule has 0 amide bonds. The van der Waals surface area contributed by atoms with E-state index in [0.717, 1.165) is 21.2 Å². The third kappa shape index (κ3) is 24.4. The van der Waals surface area contributed by atoms with Crippen LogP contribution in [0.1, 0.15) is 55.5 Å². The van der Waals surface area contributed by atoms with Gasteiger partial charge in [-0.15, -0.1) is 0 Å². The number of aryl methyl sites for hydroxylation is 2. The van der Waals surface area contributed by atoms with Crippen molar-refractivity contribution in [2.75, 3.05) is 83.0 Å². The maximum Gasteiger partial charge on any atom is 0.356 e. The average molecular weight is 1640 g/mol. The molecule has 6 heterocycles. The third-order valence-corrected chi connectivity index (χ3v) is 20.6. The van der Waals surface area contributed by atoms with Crippen LogP contribution >= 0.6 is 61.9 Å². The highest BCUT2D eigenvalue weighted by molar-refractivity contribution is 9.10. The summed E-state index contributed by atoms with van der Waals surface area (Å²) in [6, 6.07) is 33.0. The van der Waals surface area contributed by atoms with E-state index < -0.39 is 71.2 Å². The third-order valence-electron chi connectivity index (χ3n) is 15.0. The molecular weight excluding hydrogens is 1560 g/mol. The number of ether oxygens (including phenoxy) is 4. The number of nitrogen functional groups attached to an aromatic ring is 3. The number of halogens is 3. The number of Topliss-reactive ketones (excluding diaryl/α,β-unsaturated/α-hetero) is 3. The fraction of sp³-hybridized carbons (Fsp3) is 0.284. The van der Waals surface area contributed by atoms with Gasteiger partial charge in [-0.1, -0.05) is 117 Å². The number of nitrogens with zero attached hydrogens (tertiary/aromatic N) is 9. The lowest BCUT2D eigenvalue weighted by Crippen LogP contribution is -2.14. The molecule has 34 nitrogen and oxygen atoms in total. The molecule has 0 aliphatic heterocycles. The number of carbonyl (C=O) groups is 3. The van der Waals surface area contributed by atoms with Crippen molar-refractivity contribution in [3.8, 4) is 5.75 Å². The van der Waals surface area contributed by atoms with Gasteiger partial charge >= 0.3 is 22.8 Å². The van der Waals surface area contributed by atoms with Gasteiger partial charge < -0.3 is 63.4 Å². The first-order valence-electron chi connectivity index (χ1n) is 32.2. The number of hydrogen-bond donors (Lipinski definition) is 6. The number of H-pyrrole nitrogens is 3. The van der Waals surface area contributed by atoms with Gasteiger partial charge in [0.05, 0.1) is 65.7 Å². The maximum atomic E-state index is 13.6. The van der Waals surface area contributed by atoms with Gasteiger partial charge in [-0.25, -0.2) is 15.0 Å². The van der Waals surface area contributed by atoms with Gasteiger partial charge in [0, 0.05) is 45.3 Å². The average Bonchev–Trinajstić information content (AvgIpc) is 1.68. The number of benzene rings is 5. The molecular formula is C67H73BrCl2N15O19P3. The van der Waals surface area contributed by atoms with Crippen LogP contribution in [0.4, 0.5) is 17.8 Å². The summed E-state index contributed by atoms with van der Waals surface area (Å²) in [4.78, 5) is 104. The van der Waals surface area contributed by atoms with Crippen LogP contribution in [-0.2, 0) is 99.3 Å². The van der Waals surface area contributed by atoms with Crippen LogP contribution in [0, 0.1) is 13.8 Å². The molecule has 0 spiro atoms. The second-order valence-corrected chi connectivity index (χ2v) is 31.0. The minimum Gasteiger partial charge on any atom is -0.496 e. The first kappa shape index (κ1) is 81.8. The second-order valence-electron chi connectivity index (χ2n) is 23.3. The fourth-order valence-corrected chi connectivity index (χ4v) is 14.2. The van der Waals surface area contributed by atoms with E-state index in [4.69, 9.17) is 86.5 Å². The molecule has 9 N–H and O–H groups in total. The summed E-state index contributed by atoms with van der Waals surface area (Å²) in [5.74, 6) is -0.587. The zero-order valence-electron chi connectivity index (χ0n) is 57.8. The molecule has 3 unspecified atom stereocenters. The Balaban J connectivity index is 0.000000187. The number of carbonyl (C=O) groups excluding carboxylic acids is 3. The molecule has 11 aromatic rings. The van der Waals surface area contributed by atoms with Crippen LogP contribution in [0.15, 0.2) is 153 Å². The van der Waals surface area contributed by atoms with Crippen LogP contribution in [0.5, 0.6) is 5.75 Å². The topological polar surface area (TPSA) is 463 Å². The van der Waals surface area contributed by atoms with E-state index in [1.165, 1.54) is 33.0 Å². The van der Waals surface area contributed by atoms with Gasteiger partial charge in [0.15, 0.2) is 50.8 Å². The Morgan fingerprint density at radius 1 is 0.495 bits per heavy atom. The normalized spacial score (nSPS) is 13.1. The smallest absolute Gasteiger partial charge is 0.356 e. The SMILES string of the molecule is CC(=O)COP(=O)(COCCn1cnc2c(=O)[nH]c(N)nc21)OCc1cccc(Br)c1.COc1cc(C(=O)COP(=O)(COCCn2cnc3c(=O)[nH]c(N)nc32)OCc2cccc(Cl)c2)ccc1C.Cc1ccc(C(=O)COP(=O)(COCCn2cnc3c(=O)[nH]c(N)nc32)OCc2cccc(Cl)c2)cc1. The lowest BCUT2D eigenvalue weighted by molar-refractivity contribution is -0.119. The quantitative estimate of drug-likeness (QED) is 0.0121. The van der Waals surface area contributed by atoms with E-state index in [9.17, 15) is 42.5 Å². The number of fused-ring (bicyclic) bond motifs is 3. The number of imidazole rings is 3. The van der Waals surface area contributed by atoms with E-state index in [1.807, 2.05) is 50.2 Å². The van der Waals surface area contributed by atoms with Crippen molar-refractivity contribution in [3.05, 3.63) is 219 Å². The van der Waals surface area contributed by atoms with Crippen LogP contribution in [0.3, 0.4) is 0 Å². The molecule has 0 saturated heterocycles. The number of nitrogens with two attached hydrogens (primary N) is 3. The summed E-state index contributed by atoms with van der Waals surface area (Å²) in [7, 11) is -9.95. The summed E-state index contributed by atoms with van der Waals surface area (Å²) in [6.07, 6.45) is 3.11. The molecule has 566 valence electrons. The van der Waals surface area contributed by atoms with E-state index >= 15 is 0 Å². The summed E-state index contributed by atoms with van der Waals surface area (Å²) in [5, 5.41) is 0.996. The van der Waals surface area contributed by atoms with Gasteiger partial charge in [-0.2, -0.15) is 15.0 Å². The number of ketones is 3. The minimum absolute atomic E-state index is 0.0239. The van der Waals surface area contributed by atoms with Crippen molar-refractivity contribution < 1.29 is 74.2 Å². The van der Waals surface area contributed by atoms with Gasteiger partial charge in [0.25, 0.3) is 16.7 Å². The van der Waals surface area contributed by atoms with Gasteiger partial charge in [-0.3, -0.25) is 71.0 Å². The Kier molecular flexibility index (Phi) is 29.5. The maximum absolute atomic E-state index is 13.6. The van der Waals surface area contributed by atoms with Crippen molar-refractivity contribution in [1.82, 2.24) is 58.6 Å². The molecule has 3 atom stereocenters. The highest BCUT2D eigenvalue weighted by atomic mass is 79.9. The summed E-state index contributed by atoms with van der Waals surface area (Å²) < 4.78 is 101. The number of hydrogen-bond acceptors (Lipinski definition) is 28. The van der Waals surface area contributed by atoms with Crippen molar-refractivity contribution in [3.63, 3.8) is 0 Å². The number of aromatic amines is 3. The van der Waals surface area contributed by atoms with E-state index in [1.54, 1.807) is 92.6 Å². The van der Waals surface area contributed by atoms with Gasteiger partial charge in [0.2, 0.25) is 17.8 Å². The molecule has 6 aromatic heterocycles. The molecule has 40 heteroatoms. The molecule has 0 fully saturated rings. The monoisotopic (exact) mass is 1630 g/mol. The van der Waals surface area contributed by atoms with E-state index in [-0.39, 0.29) is 124 Å². The Bertz CT molecular complexity index is 5290. The van der Waals surface area contributed by atoms with E-state index in [0.29, 0.717) is 49.3 Å². The zero-order chi connectivity index (χ0) is 76.8. The minimum atomic E-state index is -3.91. The van der Waals surface area contributed by atoms with Crippen LogP contribution in [-0.4, -0.2) is 142 Å². The van der Waals surface area contributed by atoms with Crippen molar-refractivity contribution >= 4 is 131 Å². The molecule has 0 saturated carbocycles. The van der Waals surface area contributed by atoms with E-state index in [2.05, 4.69) is 60.8 Å². The molecule has 107 heavy (non-hydrogen) atoms. The number of methoxy groups -OCH3 is 1. The number of rotatable bonds is 36. The zero-order valence-corrected chi connectivity index (χ0v) is 63.6. The molecule has 0 bridgehead atoms. The summed E-state index contributed by atoms with van der Waals surface area (Å²) in [5.41, 5.74) is 21.6. The number of anilines is 3. The van der Waals surface area contributed by atoms with Crippen LogP contribution in [0.25, 0.3) is 33.5 Å². The fourth-order valence-electron chi connectivity index (χ4n) is 9.56. The van der Waals surface area contributed by atoms with Crippen molar-refractivity contribution in [2.24, 2.45) is 0 Å². The first-order chi connectivity index (χ1) is 51.1. The summed E-state index contributed by atoms with van der Waals surface area (Å²) >= 11 is 15.4. The van der Waals surface area contributed by atoms with Gasteiger partial charge in [-0.05, 0) is 85.5 Å². The number of nitrogens with one attached hydrogen (secondary N) is 3. The molecule has 0 aliphatic rings. The molecule has 5 aromatic carbocycles. The van der Waals surface area contributed by atoms with Gasteiger partial charge in [0.1, 0.15) is 44.6 Å². The summed E-state index contributed by atoms with van der Waals surface area (Å²) in [6.45, 7) is 4.64. The Labute approximate surface area is 627 Å².